The molecule has 1 heterocycles. The number of hydrogen-bond acceptors (Lipinski definition) is 3. The van der Waals surface area contributed by atoms with Crippen LogP contribution in [0.3, 0.4) is 0 Å². The van der Waals surface area contributed by atoms with E-state index in [2.05, 4.69) is 10.3 Å². The van der Waals surface area contributed by atoms with Gasteiger partial charge in [0.1, 0.15) is 0 Å². The Hall–Kier alpha value is -3.86. The lowest BCUT2D eigenvalue weighted by Gasteiger charge is -2.11. The minimum atomic E-state index is -0.532. The molecule has 0 unspecified atom stereocenters. The maximum atomic E-state index is 12.4. The molecule has 0 aliphatic carbocycles. The molecule has 0 saturated heterocycles. The van der Waals surface area contributed by atoms with Gasteiger partial charge in [0, 0.05) is 22.8 Å². The van der Waals surface area contributed by atoms with Crippen LogP contribution in [0.15, 0.2) is 85.1 Å². The fourth-order valence-corrected chi connectivity index (χ4v) is 3.25. The number of esters is 1. The number of nitrogens with one attached hydrogen (secondary N) is 2. The highest BCUT2D eigenvalue weighted by Crippen LogP contribution is 2.20. The van der Waals surface area contributed by atoms with Crippen molar-refractivity contribution in [3.63, 3.8) is 0 Å². The normalized spacial score (nSPS) is 10.6. The lowest BCUT2D eigenvalue weighted by atomic mass is 10.0. The average molecular weight is 384 g/mol. The van der Waals surface area contributed by atoms with Crippen LogP contribution >= 0.6 is 0 Å². The Bertz CT molecular complexity index is 1150. The van der Waals surface area contributed by atoms with Gasteiger partial charge in [0.05, 0.1) is 5.56 Å². The second-order valence-electron chi connectivity index (χ2n) is 6.69. The van der Waals surface area contributed by atoms with Crippen LogP contribution in [0.1, 0.15) is 21.5 Å². The van der Waals surface area contributed by atoms with Gasteiger partial charge in [0.15, 0.2) is 6.61 Å². The Morgan fingerprint density at radius 3 is 2.45 bits per heavy atom. The Kier molecular flexibility index (Phi) is 5.38. The zero-order chi connectivity index (χ0) is 20.1. The largest absolute Gasteiger partial charge is 0.452 e. The maximum Gasteiger partial charge on any atom is 0.340 e. The van der Waals surface area contributed by atoms with Gasteiger partial charge in [-0.15, -0.1) is 0 Å². The number of carbonyl (C=O) groups is 2. The number of fused-ring (bicyclic) bond motifs is 1. The van der Waals surface area contributed by atoms with Crippen molar-refractivity contribution in [3.05, 3.63) is 102 Å². The number of rotatable bonds is 6. The number of aromatic amines is 1. The van der Waals surface area contributed by atoms with Gasteiger partial charge in [0.25, 0.3) is 5.91 Å². The van der Waals surface area contributed by atoms with E-state index in [0.29, 0.717) is 17.7 Å². The Balaban J connectivity index is 1.39. The van der Waals surface area contributed by atoms with Gasteiger partial charge in [-0.3, -0.25) is 4.79 Å². The average Bonchev–Trinajstić information content (AvgIpc) is 3.18. The van der Waals surface area contributed by atoms with Crippen molar-refractivity contribution in [2.75, 3.05) is 11.9 Å². The number of para-hydroxylation sites is 2. The van der Waals surface area contributed by atoms with E-state index >= 15 is 0 Å². The number of aromatic nitrogens is 1. The van der Waals surface area contributed by atoms with E-state index < -0.39 is 5.97 Å². The zero-order valence-corrected chi connectivity index (χ0v) is 15.7. The van der Waals surface area contributed by atoms with Crippen molar-refractivity contribution in [1.82, 2.24) is 4.98 Å². The predicted octanol–water partition coefficient (Wildman–Crippen LogP) is 4.55. The number of benzene rings is 3. The van der Waals surface area contributed by atoms with Crippen molar-refractivity contribution in [2.45, 2.75) is 6.42 Å². The molecule has 0 radical (unpaired) electrons. The SMILES string of the molecule is O=C(COC(=O)c1c[nH]c2ccccc12)Nc1ccccc1Cc1ccccc1. The molecular formula is C24H20N2O3. The van der Waals surface area contributed by atoms with Crippen LogP contribution in [-0.4, -0.2) is 23.5 Å². The van der Waals surface area contributed by atoms with Crippen molar-refractivity contribution < 1.29 is 14.3 Å². The first kappa shape index (κ1) is 18.5. The number of H-pyrrole nitrogens is 1. The van der Waals surface area contributed by atoms with Gasteiger partial charge in [-0.25, -0.2) is 4.79 Å². The molecule has 1 aromatic heterocycles. The molecular weight excluding hydrogens is 364 g/mol. The summed E-state index contributed by atoms with van der Waals surface area (Å²) in [5.74, 6) is -0.908. The van der Waals surface area contributed by atoms with E-state index in [1.807, 2.05) is 78.9 Å². The van der Waals surface area contributed by atoms with E-state index in [0.717, 1.165) is 22.0 Å². The number of hydrogen-bond donors (Lipinski definition) is 2. The van der Waals surface area contributed by atoms with Crippen molar-refractivity contribution in [1.29, 1.82) is 0 Å². The number of carbonyl (C=O) groups excluding carboxylic acids is 2. The fourth-order valence-electron chi connectivity index (χ4n) is 3.25. The number of ether oxygens (including phenoxy) is 1. The molecule has 29 heavy (non-hydrogen) atoms. The summed E-state index contributed by atoms with van der Waals surface area (Å²) in [4.78, 5) is 27.7. The van der Waals surface area contributed by atoms with Gasteiger partial charge >= 0.3 is 5.97 Å². The monoisotopic (exact) mass is 384 g/mol. The smallest absolute Gasteiger partial charge is 0.340 e. The van der Waals surface area contributed by atoms with E-state index in [4.69, 9.17) is 4.74 Å². The van der Waals surface area contributed by atoms with E-state index in [9.17, 15) is 9.59 Å². The first-order chi connectivity index (χ1) is 14.2. The summed E-state index contributed by atoms with van der Waals surface area (Å²) < 4.78 is 5.22. The molecule has 0 atom stereocenters. The molecule has 3 aromatic carbocycles. The van der Waals surface area contributed by atoms with E-state index in [-0.39, 0.29) is 12.5 Å². The van der Waals surface area contributed by atoms with Crippen molar-refractivity contribution in [3.8, 4) is 0 Å². The van der Waals surface area contributed by atoms with Crippen LogP contribution in [0, 0.1) is 0 Å². The summed E-state index contributed by atoms with van der Waals surface area (Å²) in [6, 6.07) is 25.1. The van der Waals surface area contributed by atoms with Crippen LogP contribution in [0.2, 0.25) is 0 Å². The first-order valence-corrected chi connectivity index (χ1v) is 9.35. The molecule has 1 amide bonds. The molecule has 5 heteroatoms. The molecule has 2 N–H and O–H groups in total. The van der Waals surface area contributed by atoms with E-state index in [1.54, 1.807) is 6.20 Å². The second kappa shape index (κ2) is 8.44. The summed E-state index contributed by atoms with van der Waals surface area (Å²) in [5, 5.41) is 3.61. The van der Waals surface area contributed by atoms with Gasteiger partial charge < -0.3 is 15.0 Å². The summed E-state index contributed by atoms with van der Waals surface area (Å²) in [5.41, 5.74) is 4.12. The highest BCUT2D eigenvalue weighted by atomic mass is 16.5. The van der Waals surface area contributed by atoms with Crippen molar-refractivity contribution in [2.24, 2.45) is 0 Å². The fraction of sp³-hybridized carbons (Fsp3) is 0.0833. The third-order valence-corrected chi connectivity index (χ3v) is 4.67. The Labute approximate surface area is 168 Å². The lowest BCUT2D eigenvalue weighted by molar-refractivity contribution is -0.119. The molecule has 0 aliphatic heterocycles. The lowest BCUT2D eigenvalue weighted by Crippen LogP contribution is -2.21. The van der Waals surface area contributed by atoms with E-state index in [1.165, 1.54) is 0 Å². The van der Waals surface area contributed by atoms with Crippen LogP contribution in [0.4, 0.5) is 5.69 Å². The molecule has 0 bridgehead atoms. The van der Waals surface area contributed by atoms with Crippen LogP contribution in [0.5, 0.6) is 0 Å². The standard InChI is InChI=1S/C24H20N2O3/c27-23(16-29-24(28)20-15-25-22-13-7-5-11-19(20)22)26-21-12-6-4-10-18(21)14-17-8-2-1-3-9-17/h1-13,15,25H,14,16H2,(H,26,27). The maximum absolute atomic E-state index is 12.4. The molecule has 5 nitrogen and oxygen atoms in total. The molecule has 4 aromatic rings. The summed E-state index contributed by atoms with van der Waals surface area (Å²) in [6.07, 6.45) is 2.30. The van der Waals surface area contributed by atoms with Gasteiger partial charge in [-0.2, -0.15) is 0 Å². The van der Waals surface area contributed by atoms with Gasteiger partial charge in [0.2, 0.25) is 0 Å². The topological polar surface area (TPSA) is 71.2 Å². The zero-order valence-electron chi connectivity index (χ0n) is 15.7. The molecule has 0 spiro atoms. The predicted molar refractivity (Wildman–Crippen MR) is 113 cm³/mol. The quantitative estimate of drug-likeness (QED) is 0.479. The third kappa shape index (κ3) is 4.35. The Morgan fingerprint density at radius 2 is 1.59 bits per heavy atom. The number of amides is 1. The molecule has 144 valence electrons. The summed E-state index contributed by atoms with van der Waals surface area (Å²) in [6.45, 7) is -0.349. The van der Waals surface area contributed by atoms with Crippen molar-refractivity contribution >= 4 is 28.5 Å². The highest BCUT2D eigenvalue weighted by molar-refractivity contribution is 6.05. The van der Waals surface area contributed by atoms with Crippen LogP contribution < -0.4 is 5.32 Å². The summed E-state index contributed by atoms with van der Waals surface area (Å²) >= 11 is 0. The minimum Gasteiger partial charge on any atom is -0.452 e. The first-order valence-electron chi connectivity index (χ1n) is 9.35. The molecule has 0 fully saturated rings. The molecule has 0 aliphatic rings. The van der Waals surface area contributed by atoms with Gasteiger partial charge in [-0.1, -0.05) is 66.7 Å². The minimum absolute atomic E-state index is 0.349. The van der Waals surface area contributed by atoms with Gasteiger partial charge in [-0.05, 0) is 29.7 Å². The molecule has 0 saturated carbocycles. The molecule has 4 rings (SSSR count). The van der Waals surface area contributed by atoms with Crippen LogP contribution in [0.25, 0.3) is 10.9 Å². The Morgan fingerprint density at radius 1 is 0.862 bits per heavy atom. The second-order valence-corrected chi connectivity index (χ2v) is 6.69. The third-order valence-electron chi connectivity index (χ3n) is 4.67. The highest BCUT2D eigenvalue weighted by Gasteiger charge is 2.15. The van der Waals surface area contributed by atoms with Crippen LogP contribution in [-0.2, 0) is 16.0 Å². The summed E-state index contributed by atoms with van der Waals surface area (Å²) in [7, 11) is 0. The number of anilines is 1.